The predicted molar refractivity (Wildman–Crippen MR) is 64.3 cm³/mol. The minimum absolute atomic E-state index is 0.120. The van der Waals surface area contributed by atoms with Crippen molar-refractivity contribution >= 4 is 0 Å². The van der Waals surface area contributed by atoms with Gasteiger partial charge in [0, 0.05) is 20.0 Å². The monoisotopic (exact) mass is 256 g/mol. The Morgan fingerprint density at radius 2 is 2.11 bits per heavy atom. The molecule has 0 bridgehead atoms. The molecule has 2 nitrogen and oxygen atoms in total. The van der Waals surface area contributed by atoms with Gasteiger partial charge in [0.2, 0.25) is 0 Å². The highest BCUT2D eigenvalue weighted by Crippen LogP contribution is 2.39. The van der Waals surface area contributed by atoms with Crippen LogP contribution in [0.2, 0.25) is 0 Å². The fraction of sp³-hybridized carbons (Fsp3) is 0.571. The van der Waals surface area contributed by atoms with Crippen LogP contribution in [-0.2, 0) is 11.2 Å². The van der Waals surface area contributed by atoms with E-state index in [2.05, 4.69) is 0 Å². The molecular formula is C14H18F2O2. The van der Waals surface area contributed by atoms with E-state index in [-0.39, 0.29) is 17.6 Å². The molecule has 0 heterocycles. The van der Waals surface area contributed by atoms with Crippen LogP contribution in [0, 0.1) is 11.6 Å². The van der Waals surface area contributed by atoms with Gasteiger partial charge in [-0.05, 0) is 43.0 Å². The van der Waals surface area contributed by atoms with E-state index in [1.807, 2.05) is 0 Å². The second-order valence-electron chi connectivity index (χ2n) is 5.04. The molecule has 1 atom stereocenters. The Morgan fingerprint density at radius 1 is 1.39 bits per heavy atom. The van der Waals surface area contributed by atoms with Crippen molar-refractivity contribution in [2.24, 2.45) is 0 Å². The first-order valence-electron chi connectivity index (χ1n) is 6.22. The number of rotatable bonds is 5. The first-order chi connectivity index (χ1) is 8.54. The molecule has 1 saturated carbocycles. The lowest BCUT2D eigenvalue weighted by atomic mass is 9.75. The molecule has 18 heavy (non-hydrogen) atoms. The molecule has 0 spiro atoms. The third-order valence-corrected chi connectivity index (χ3v) is 3.77. The summed E-state index contributed by atoms with van der Waals surface area (Å²) in [6.45, 7) is 0. The summed E-state index contributed by atoms with van der Waals surface area (Å²) in [6.07, 6.45) is 2.82. The van der Waals surface area contributed by atoms with E-state index < -0.39 is 17.7 Å². The van der Waals surface area contributed by atoms with Gasteiger partial charge in [0.25, 0.3) is 0 Å². The lowest BCUT2D eigenvalue weighted by Gasteiger charge is -2.41. The molecule has 0 amide bonds. The maximum absolute atomic E-state index is 13.4. The second-order valence-corrected chi connectivity index (χ2v) is 5.04. The number of ether oxygens (including phenoxy) is 1. The Balaban J connectivity index is 1.98. The second kappa shape index (κ2) is 5.33. The maximum Gasteiger partial charge on any atom is 0.126 e. The van der Waals surface area contributed by atoms with Crippen molar-refractivity contribution in [3.8, 4) is 0 Å². The zero-order chi connectivity index (χ0) is 13.2. The standard InChI is InChI=1S/C14H18F2O2/c1-18-14(5-2-6-14)9-12(17)8-10-7-11(15)3-4-13(10)16/h3-4,7,12,17H,2,5-6,8-9H2,1H3. The quantitative estimate of drug-likeness (QED) is 0.877. The van der Waals surface area contributed by atoms with E-state index >= 15 is 0 Å². The molecule has 1 aromatic carbocycles. The summed E-state index contributed by atoms with van der Waals surface area (Å²) in [5.74, 6) is -0.959. The van der Waals surface area contributed by atoms with Crippen LogP contribution in [0.15, 0.2) is 18.2 Å². The number of aliphatic hydroxyl groups is 1. The molecule has 1 fully saturated rings. The fourth-order valence-corrected chi connectivity index (χ4v) is 2.52. The van der Waals surface area contributed by atoms with Crippen molar-refractivity contribution in [3.63, 3.8) is 0 Å². The lowest BCUT2D eigenvalue weighted by Crippen LogP contribution is -2.42. The van der Waals surface area contributed by atoms with Crippen LogP contribution < -0.4 is 0 Å². The van der Waals surface area contributed by atoms with Gasteiger partial charge in [-0.15, -0.1) is 0 Å². The minimum atomic E-state index is -0.707. The fourth-order valence-electron chi connectivity index (χ4n) is 2.52. The van der Waals surface area contributed by atoms with Crippen molar-refractivity contribution in [2.75, 3.05) is 7.11 Å². The minimum Gasteiger partial charge on any atom is -0.393 e. The molecule has 0 radical (unpaired) electrons. The molecule has 0 saturated heterocycles. The summed E-state index contributed by atoms with van der Waals surface area (Å²) < 4.78 is 31.8. The van der Waals surface area contributed by atoms with E-state index in [1.165, 1.54) is 0 Å². The van der Waals surface area contributed by atoms with Crippen LogP contribution in [0.3, 0.4) is 0 Å². The summed E-state index contributed by atoms with van der Waals surface area (Å²) in [6, 6.07) is 3.30. The molecule has 2 rings (SSSR count). The molecule has 1 aromatic rings. The third-order valence-electron chi connectivity index (χ3n) is 3.77. The van der Waals surface area contributed by atoms with Gasteiger partial charge >= 0.3 is 0 Å². The van der Waals surface area contributed by atoms with Crippen LogP contribution in [0.5, 0.6) is 0 Å². The summed E-state index contributed by atoms with van der Waals surface area (Å²) in [4.78, 5) is 0. The highest BCUT2D eigenvalue weighted by molar-refractivity contribution is 5.19. The van der Waals surface area contributed by atoms with Crippen LogP contribution >= 0.6 is 0 Å². The molecule has 1 N–H and O–H groups in total. The van der Waals surface area contributed by atoms with E-state index in [1.54, 1.807) is 7.11 Å². The molecule has 1 unspecified atom stereocenters. The number of hydrogen-bond donors (Lipinski definition) is 1. The van der Waals surface area contributed by atoms with E-state index in [0.29, 0.717) is 6.42 Å². The number of methoxy groups -OCH3 is 1. The molecule has 0 aromatic heterocycles. The molecule has 0 aliphatic heterocycles. The van der Waals surface area contributed by atoms with Crippen molar-refractivity contribution in [3.05, 3.63) is 35.4 Å². The predicted octanol–water partition coefficient (Wildman–Crippen LogP) is 2.83. The van der Waals surface area contributed by atoms with Gasteiger partial charge in [0.1, 0.15) is 11.6 Å². The van der Waals surface area contributed by atoms with Gasteiger partial charge in [-0.1, -0.05) is 0 Å². The number of halogens is 2. The van der Waals surface area contributed by atoms with Crippen molar-refractivity contribution < 1.29 is 18.6 Å². The summed E-state index contributed by atoms with van der Waals surface area (Å²) in [5, 5.41) is 9.98. The zero-order valence-corrected chi connectivity index (χ0v) is 10.5. The largest absolute Gasteiger partial charge is 0.393 e. The number of aliphatic hydroxyl groups excluding tert-OH is 1. The van der Waals surface area contributed by atoms with Gasteiger partial charge in [-0.25, -0.2) is 8.78 Å². The topological polar surface area (TPSA) is 29.5 Å². The smallest absolute Gasteiger partial charge is 0.126 e. The van der Waals surface area contributed by atoms with E-state index in [0.717, 1.165) is 37.5 Å². The SMILES string of the molecule is COC1(CC(O)Cc2cc(F)ccc2F)CCC1. The maximum atomic E-state index is 13.4. The van der Waals surface area contributed by atoms with Crippen LogP contribution in [0.25, 0.3) is 0 Å². The average Bonchev–Trinajstić information content (AvgIpc) is 2.28. The lowest BCUT2D eigenvalue weighted by molar-refractivity contribution is -0.0989. The first kappa shape index (κ1) is 13.4. The van der Waals surface area contributed by atoms with Crippen molar-refractivity contribution in [1.29, 1.82) is 0 Å². The van der Waals surface area contributed by atoms with Crippen molar-refractivity contribution in [2.45, 2.75) is 43.8 Å². The molecule has 1 aliphatic carbocycles. The highest BCUT2D eigenvalue weighted by atomic mass is 19.1. The Hall–Kier alpha value is -1.00. The Kier molecular flexibility index (Phi) is 3.97. The van der Waals surface area contributed by atoms with Gasteiger partial charge in [0.05, 0.1) is 11.7 Å². The van der Waals surface area contributed by atoms with Gasteiger partial charge in [-0.2, -0.15) is 0 Å². The first-order valence-corrected chi connectivity index (χ1v) is 6.22. The molecular weight excluding hydrogens is 238 g/mol. The van der Waals surface area contributed by atoms with Crippen LogP contribution in [-0.4, -0.2) is 23.9 Å². The third kappa shape index (κ3) is 2.87. The van der Waals surface area contributed by atoms with Crippen LogP contribution in [0.4, 0.5) is 8.78 Å². The van der Waals surface area contributed by atoms with Crippen molar-refractivity contribution in [1.82, 2.24) is 0 Å². The van der Waals surface area contributed by atoms with E-state index in [9.17, 15) is 13.9 Å². The summed E-state index contributed by atoms with van der Waals surface area (Å²) >= 11 is 0. The van der Waals surface area contributed by atoms with Gasteiger partial charge in [0.15, 0.2) is 0 Å². The van der Waals surface area contributed by atoms with Gasteiger partial charge in [-0.3, -0.25) is 0 Å². The Bertz CT molecular complexity index is 411. The zero-order valence-electron chi connectivity index (χ0n) is 10.5. The Labute approximate surface area is 106 Å². The number of benzene rings is 1. The van der Waals surface area contributed by atoms with Crippen LogP contribution in [0.1, 0.15) is 31.2 Å². The average molecular weight is 256 g/mol. The molecule has 1 aliphatic rings. The summed E-state index contributed by atoms with van der Waals surface area (Å²) in [7, 11) is 1.63. The van der Waals surface area contributed by atoms with E-state index in [4.69, 9.17) is 4.74 Å². The summed E-state index contributed by atoms with van der Waals surface area (Å²) in [5.41, 5.74) is -0.0449. The van der Waals surface area contributed by atoms with Gasteiger partial charge < -0.3 is 9.84 Å². The number of hydrogen-bond acceptors (Lipinski definition) is 2. The normalized spacial score (nSPS) is 19.3. The Morgan fingerprint density at radius 3 is 2.67 bits per heavy atom. The highest BCUT2D eigenvalue weighted by Gasteiger charge is 2.38. The molecule has 4 heteroatoms. The molecule has 100 valence electrons.